The Labute approximate surface area is 178 Å². The molecular weight excluding hydrogens is 386 g/mol. The van der Waals surface area contributed by atoms with Gasteiger partial charge >= 0.3 is 0 Å². The highest BCUT2D eigenvalue weighted by Crippen LogP contribution is 2.38. The molecular formula is C24H17N7. The van der Waals surface area contributed by atoms with Crippen molar-refractivity contribution >= 4 is 16.7 Å². The van der Waals surface area contributed by atoms with Crippen molar-refractivity contribution in [2.24, 2.45) is 0 Å². The van der Waals surface area contributed by atoms with Gasteiger partial charge in [-0.15, -0.1) is 0 Å². The first-order valence-electron chi connectivity index (χ1n) is 9.70. The molecule has 0 saturated heterocycles. The number of anilines is 1. The van der Waals surface area contributed by atoms with Crippen LogP contribution in [0.4, 0.5) is 5.82 Å². The molecule has 0 atom stereocenters. The number of nitrogens with zero attached hydrogens (tertiary/aromatic N) is 6. The third-order valence-electron chi connectivity index (χ3n) is 5.03. The number of nitrogen functional groups attached to an aromatic ring is 1. The number of hydrogen-bond acceptors (Lipinski definition) is 6. The highest BCUT2D eigenvalue weighted by molar-refractivity contribution is 6.04. The topological polar surface area (TPSA) is 106 Å². The van der Waals surface area contributed by atoms with Gasteiger partial charge in [0.1, 0.15) is 11.3 Å². The normalized spacial score (nSPS) is 10.8. The summed E-state index contributed by atoms with van der Waals surface area (Å²) in [5, 5.41) is 15.0. The number of pyridine rings is 3. The van der Waals surface area contributed by atoms with Crippen LogP contribution in [0.1, 0.15) is 11.3 Å². The van der Waals surface area contributed by atoms with E-state index in [4.69, 9.17) is 15.8 Å². The van der Waals surface area contributed by atoms with Crippen molar-refractivity contribution in [2.45, 2.75) is 6.54 Å². The fraction of sp³-hybridized carbons (Fsp3) is 0.0417. The van der Waals surface area contributed by atoms with Crippen LogP contribution in [-0.4, -0.2) is 24.7 Å². The summed E-state index contributed by atoms with van der Waals surface area (Å²) < 4.78 is 1.82. The number of aromatic nitrogens is 5. The van der Waals surface area contributed by atoms with Gasteiger partial charge in [-0.2, -0.15) is 10.4 Å². The summed E-state index contributed by atoms with van der Waals surface area (Å²) in [7, 11) is 0. The van der Waals surface area contributed by atoms with Crippen LogP contribution in [0.5, 0.6) is 0 Å². The van der Waals surface area contributed by atoms with E-state index in [2.05, 4.69) is 16.0 Å². The molecule has 5 aromatic rings. The highest BCUT2D eigenvalue weighted by Gasteiger charge is 2.19. The predicted molar refractivity (Wildman–Crippen MR) is 119 cm³/mol. The molecule has 31 heavy (non-hydrogen) atoms. The Bertz CT molecular complexity index is 1420. The van der Waals surface area contributed by atoms with Gasteiger partial charge in [-0.3, -0.25) is 14.6 Å². The monoisotopic (exact) mass is 403 g/mol. The second-order valence-electron chi connectivity index (χ2n) is 7.06. The molecule has 0 radical (unpaired) electrons. The van der Waals surface area contributed by atoms with Crippen LogP contribution >= 0.6 is 0 Å². The van der Waals surface area contributed by atoms with Gasteiger partial charge in [0.2, 0.25) is 0 Å². The third kappa shape index (κ3) is 3.47. The van der Waals surface area contributed by atoms with E-state index < -0.39 is 0 Å². The van der Waals surface area contributed by atoms with Crippen molar-refractivity contribution in [3.63, 3.8) is 0 Å². The first kappa shape index (κ1) is 18.5. The van der Waals surface area contributed by atoms with Crippen LogP contribution in [-0.2, 0) is 6.54 Å². The van der Waals surface area contributed by atoms with E-state index in [1.54, 1.807) is 24.7 Å². The molecule has 5 rings (SSSR count). The second-order valence-corrected chi connectivity index (χ2v) is 7.06. The minimum atomic E-state index is 0.387. The molecule has 0 spiro atoms. The van der Waals surface area contributed by atoms with E-state index in [1.165, 1.54) is 0 Å². The third-order valence-corrected chi connectivity index (χ3v) is 5.03. The standard InChI is InChI=1S/C24H17N7/c25-13-16-4-3-5-18(12-16)22-21(17-7-10-27-11-8-17)23-20(24(26)29-22)15-31(30-23)14-19-6-1-2-9-28-19/h1-12,15H,14H2,(H2,26,29). The van der Waals surface area contributed by atoms with E-state index in [9.17, 15) is 5.26 Å². The lowest BCUT2D eigenvalue weighted by Crippen LogP contribution is -2.01. The van der Waals surface area contributed by atoms with Crippen molar-refractivity contribution in [1.29, 1.82) is 5.26 Å². The van der Waals surface area contributed by atoms with Crippen molar-refractivity contribution < 1.29 is 0 Å². The molecule has 2 N–H and O–H groups in total. The molecule has 0 fully saturated rings. The van der Waals surface area contributed by atoms with Crippen LogP contribution in [0.3, 0.4) is 0 Å². The zero-order valence-electron chi connectivity index (χ0n) is 16.5. The molecule has 4 aromatic heterocycles. The number of nitriles is 1. The van der Waals surface area contributed by atoms with E-state index in [1.807, 2.05) is 59.4 Å². The maximum Gasteiger partial charge on any atom is 0.135 e. The molecule has 4 heterocycles. The average Bonchev–Trinajstić information content (AvgIpc) is 3.24. The summed E-state index contributed by atoms with van der Waals surface area (Å²) in [6, 6.07) is 19.1. The van der Waals surface area contributed by atoms with Gasteiger partial charge in [0.15, 0.2) is 0 Å². The Morgan fingerprint density at radius 1 is 0.968 bits per heavy atom. The van der Waals surface area contributed by atoms with Crippen LogP contribution in [0.2, 0.25) is 0 Å². The van der Waals surface area contributed by atoms with Crippen molar-refractivity contribution in [3.8, 4) is 28.5 Å². The SMILES string of the molecule is N#Cc1cccc(-c2nc(N)c3cn(Cc4ccccn4)nc3c2-c2ccncc2)c1. The number of benzene rings is 1. The average molecular weight is 403 g/mol. The van der Waals surface area contributed by atoms with E-state index in [-0.39, 0.29) is 0 Å². The molecule has 7 nitrogen and oxygen atoms in total. The summed E-state index contributed by atoms with van der Waals surface area (Å²) in [6.45, 7) is 0.518. The fourth-order valence-electron chi connectivity index (χ4n) is 3.62. The lowest BCUT2D eigenvalue weighted by molar-refractivity contribution is 0.681. The molecule has 7 heteroatoms. The zero-order chi connectivity index (χ0) is 21.2. The summed E-state index contributed by atoms with van der Waals surface area (Å²) in [5.41, 5.74) is 11.8. The lowest BCUT2D eigenvalue weighted by Gasteiger charge is -2.12. The number of nitrogens with two attached hydrogens (primary N) is 1. The first-order chi connectivity index (χ1) is 15.2. The fourth-order valence-corrected chi connectivity index (χ4v) is 3.62. The van der Waals surface area contributed by atoms with Crippen LogP contribution in [0.15, 0.2) is 79.4 Å². The van der Waals surface area contributed by atoms with Gasteiger partial charge in [0, 0.05) is 35.9 Å². The van der Waals surface area contributed by atoms with Crippen molar-refractivity contribution in [2.75, 3.05) is 5.73 Å². The molecule has 148 valence electrons. The molecule has 0 aliphatic heterocycles. The Morgan fingerprint density at radius 2 is 1.84 bits per heavy atom. The first-order valence-corrected chi connectivity index (χ1v) is 9.70. The van der Waals surface area contributed by atoms with Gasteiger partial charge < -0.3 is 5.73 Å². The summed E-state index contributed by atoms with van der Waals surface area (Å²) in [5.74, 6) is 0.387. The van der Waals surface area contributed by atoms with Crippen molar-refractivity contribution in [1.82, 2.24) is 24.7 Å². The number of fused-ring (bicyclic) bond motifs is 1. The smallest absolute Gasteiger partial charge is 0.135 e. The molecule has 0 aliphatic rings. The number of hydrogen-bond donors (Lipinski definition) is 1. The Kier molecular flexibility index (Phi) is 4.58. The molecule has 0 aliphatic carbocycles. The van der Waals surface area contributed by atoms with Crippen molar-refractivity contribution in [3.05, 3.63) is 90.6 Å². The van der Waals surface area contributed by atoms with Crippen LogP contribution in [0, 0.1) is 11.3 Å². The van der Waals surface area contributed by atoms with E-state index >= 15 is 0 Å². The quantitative estimate of drug-likeness (QED) is 0.485. The zero-order valence-corrected chi connectivity index (χ0v) is 16.5. The maximum absolute atomic E-state index is 9.34. The van der Waals surface area contributed by atoms with Gasteiger partial charge in [-0.25, -0.2) is 4.98 Å². The van der Waals surface area contributed by atoms with Gasteiger partial charge in [0.05, 0.1) is 35.0 Å². The van der Waals surface area contributed by atoms with Gasteiger partial charge in [0.25, 0.3) is 0 Å². The minimum absolute atomic E-state index is 0.387. The summed E-state index contributed by atoms with van der Waals surface area (Å²) in [6.07, 6.45) is 7.12. The molecule has 0 unspecified atom stereocenters. The summed E-state index contributed by atoms with van der Waals surface area (Å²) >= 11 is 0. The van der Waals surface area contributed by atoms with Crippen LogP contribution < -0.4 is 5.73 Å². The Balaban J connectivity index is 1.76. The Hall–Kier alpha value is -4.57. The van der Waals surface area contributed by atoms with Crippen LogP contribution in [0.25, 0.3) is 33.3 Å². The lowest BCUT2D eigenvalue weighted by atomic mass is 9.97. The van der Waals surface area contributed by atoms with E-state index in [0.717, 1.165) is 33.3 Å². The molecule has 0 bridgehead atoms. The van der Waals surface area contributed by atoms with E-state index in [0.29, 0.717) is 23.6 Å². The highest BCUT2D eigenvalue weighted by atomic mass is 15.3. The Morgan fingerprint density at radius 3 is 2.61 bits per heavy atom. The minimum Gasteiger partial charge on any atom is -0.383 e. The molecule has 0 amide bonds. The maximum atomic E-state index is 9.34. The number of rotatable bonds is 4. The molecule has 0 saturated carbocycles. The second kappa shape index (κ2) is 7.69. The molecule has 1 aromatic carbocycles. The van der Waals surface area contributed by atoms with Gasteiger partial charge in [-0.05, 0) is 42.0 Å². The largest absolute Gasteiger partial charge is 0.383 e. The predicted octanol–water partition coefficient (Wildman–Crippen LogP) is 4.06. The summed E-state index contributed by atoms with van der Waals surface area (Å²) in [4.78, 5) is 13.2. The van der Waals surface area contributed by atoms with Gasteiger partial charge in [-0.1, -0.05) is 18.2 Å².